The number of pyridine rings is 1. The molecule has 0 aliphatic rings. The van der Waals surface area contributed by atoms with Gasteiger partial charge in [0.15, 0.2) is 0 Å². The molecule has 0 bridgehead atoms. The van der Waals surface area contributed by atoms with Crippen LogP contribution in [0.4, 0.5) is 0 Å². The van der Waals surface area contributed by atoms with Gasteiger partial charge in [0.05, 0.1) is 27.8 Å². The number of para-hydroxylation sites is 1. The number of benzene rings is 8. The zero-order chi connectivity index (χ0) is 63.3. The Hall–Kier alpha value is -7.13. The van der Waals surface area contributed by atoms with E-state index >= 15 is 0 Å². The molecule has 10 rings (SSSR count). The topological polar surface area (TPSA) is 50.9 Å². The third kappa shape index (κ3) is 9.78. The summed E-state index contributed by atoms with van der Waals surface area (Å²) < 4.78 is 140. The maximum absolute atomic E-state index is 12.8. The van der Waals surface area contributed by atoms with Crippen LogP contribution in [0.25, 0.3) is 95.0 Å². The number of aryl methyl sites for hydroxylation is 1. The largest absolute Gasteiger partial charge is 0.507 e. The Labute approximate surface area is 463 Å². The summed E-state index contributed by atoms with van der Waals surface area (Å²) in [7, 11) is 0. The minimum Gasteiger partial charge on any atom is -0.507 e. The van der Waals surface area contributed by atoms with Crippen molar-refractivity contribution in [2.24, 2.45) is 0 Å². The molecule has 8 aromatic carbocycles. The molecule has 5 heteroatoms. The van der Waals surface area contributed by atoms with Crippen LogP contribution in [0.1, 0.15) is 106 Å². The Bertz CT molecular complexity index is 4230. The second-order valence-corrected chi connectivity index (χ2v) is 20.0. The summed E-state index contributed by atoms with van der Waals surface area (Å²) in [5.74, 6) is 0.378. The average molecular weight is 1140 g/mol. The van der Waals surface area contributed by atoms with Crippen LogP contribution in [0.15, 0.2) is 188 Å². The van der Waals surface area contributed by atoms with Gasteiger partial charge in [0.2, 0.25) is 0 Å². The molecule has 362 valence electrons. The molecule has 0 aliphatic heterocycles. The number of rotatable bonds is 8. The quantitative estimate of drug-likeness (QED) is 0.154. The first kappa shape index (κ1) is 33.5. The number of aromatic hydroxyl groups is 1. The summed E-state index contributed by atoms with van der Waals surface area (Å²) >= 11 is 0. The second kappa shape index (κ2) is 19.5. The third-order valence-electron chi connectivity index (χ3n) is 12.8. The van der Waals surface area contributed by atoms with E-state index in [0.717, 1.165) is 16.7 Å². The van der Waals surface area contributed by atoms with E-state index in [1.165, 1.54) is 18.3 Å². The molecule has 0 fully saturated rings. The zero-order valence-corrected chi connectivity index (χ0v) is 43.0. The molecule has 2 heterocycles. The van der Waals surface area contributed by atoms with Gasteiger partial charge in [0.25, 0.3) is 0 Å². The average Bonchev–Trinajstić information content (AvgIpc) is 0.712. The standard InChI is InChI=1S/C67H62N3O.Pt/c1-43-35-56(47-25-18-13-19-26-47)61(42-55(43)46-23-16-12-17-24-46)70-60-28-20-27-54(62(60)69-64(70)57-40-53(66(5,6)7)41-58(63(57)71)67(8,9)10)50-36-49(44-21-14-11-15-22-44)37-51(38-50)59-39-48(33-34-68-59)45-29-31-52(32-30-45)65(2,3)4;/h11-37,39-42,71H,1-10H3;/q-1;/i1D3,2D3,3D3,4D3,29D,30D,31D,32D;. The van der Waals surface area contributed by atoms with Crippen molar-refractivity contribution in [3.8, 4) is 89.7 Å². The molecule has 72 heavy (non-hydrogen) atoms. The van der Waals surface area contributed by atoms with Crippen molar-refractivity contribution in [3.63, 3.8) is 0 Å². The van der Waals surface area contributed by atoms with Crippen LogP contribution in [0, 0.1) is 12.9 Å². The van der Waals surface area contributed by atoms with Crippen molar-refractivity contribution in [2.75, 3.05) is 0 Å². The van der Waals surface area contributed by atoms with E-state index in [2.05, 4.69) is 26.8 Å². The first-order valence-electron chi connectivity index (χ1n) is 31.5. The van der Waals surface area contributed by atoms with Crippen molar-refractivity contribution in [1.82, 2.24) is 14.5 Å². The summed E-state index contributed by atoms with van der Waals surface area (Å²) in [6.45, 7) is -1.67. The Morgan fingerprint density at radius 3 is 1.79 bits per heavy atom. The van der Waals surface area contributed by atoms with Gasteiger partial charge in [-0.2, -0.15) is 0 Å². The number of fused-ring (bicyclic) bond motifs is 1. The normalized spacial score (nSPS) is 15.9. The van der Waals surface area contributed by atoms with Gasteiger partial charge in [-0.05, 0) is 103 Å². The molecule has 1 N–H and O–H groups in total. The van der Waals surface area contributed by atoms with Crippen LogP contribution in [-0.2, 0) is 37.3 Å². The predicted octanol–water partition coefficient (Wildman–Crippen LogP) is 17.8. The molecular formula is C67H62N3OPt-. The van der Waals surface area contributed by atoms with Gasteiger partial charge in [-0.15, -0.1) is 23.8 Å². The number of hydrogen-bond acceptors (Lipinski definition) is 3. The molecule has 0 aliphatic carbocycles. The molecule has 2 aromatic heterocycles. The molecule has 10 aromatic rings. The number of phenolic OH excluding ortho intramolecular Hbond substituents is 1. The van der Waals surface area contributed by atoms with E-state index < -0.39 is 73.4 Å². The smallest absolute Gasteiger partial charge is 0.148 e. The van der Waals surface area contributed by atoms with Crippen LogP contribution in [-0.4, -0.2) is 19.6 Å². The van der Waals surface area contributed by atoms with Gasteiger partial charge in [0.1, 0.15) is 11.6 Å². The number of aromatic nitrogens is 3. The van der Waals surface area contributed by atoms with Crippen LogP contribution in [0.2, 0.25) is 0 Å². The van der Waals surface area contributed by atoms with Gasteiger partial charge < -0.3 is 5.11 Å². The summed E-state index contributed by atoms with van der Waals surface area (Å²) in [4.78, 5) is 10.3. The van der Waals surface area contributed by atoms with Crippen molar-refractivity contribution >= 4 is 11.0 Å². The molecule has 0 unspecified atom stereocenters. The minimum absolute atomic E-state index is 0. The number of phenols is 1. The van der Waals surface area contributed by atoms with E-state index in [0.29, 0.717) is 72.6 Å². The fraction of sp³-hybridized carbons (Fsp3) is 0.194. The van der Waals surface area contributed by atoms with E-state index in [9.17, 15) is 7.85 Å². The van der Waals surface area contributed by atoms with Crippen LogP contribution in [0.3, 0.4) is 0 Å². The Morgan fingerprint density at radius 2 is 1.17 bits per heavy atom. The van der Waals surface area contributed by atoms with Crippen LogP contribution < -0.4 is 0 Å². The van der Waals surface area contributed by atoms with Crippen molar-refractivity contribution in [2.45, 2.75) is 85.2 Å². The van der Waals surface area contributed by atoms with Crippen LogP contribution in [0.5, 0.6) is 5.75 Å². The number of hydrogen-bond donors (Lipinski definition) is 1. The predicted molar refractivity (Wildman–Crippen MR) is 298 cm³/mol. The van der Waals surface area contributed by atoms with Gasteiger partial charge in [-0.3, -0.25) is 9.55 Å². The number of nitrogens with zero attached hydrogens (tertiary/aromatic N) is 3. The van der Waals surface area contributed by atoms with E-state index in [-0.39, 0.29) is 49.2 Å². The SMILES string of the molecule is [2H]c1c([2H])c(C(C([2H])([2H])[2H])(C([2H])([2H])[2H])C([2H])([2H])[2H])c([2H])c([2H])c1-c1ccnc(-c2[c-]c(-c3cccc4c3nc(-c3cc(C(C)(C)C)cc(C(C)(C)C)c3O)n4-c3cc(-c4ccccc4)c(C([2H])([2H])[2H])cc3-c3ccccc3)cc(-c3ccccc3)c2)c1.[Pt]. The molecular weight excluding hydrogens is 1060 g/mol. The maximum Gasteiger partial charge on any atom is 0.148 e. The van der Waals surface area contributed by atoms with Crippen molar-refractivity contribution in [3.05, 3.63) is 216 Å². The summed E-state index contributed by atoms with van der Waals surface area (Å²) in [5, 5.41) is 12.8. The molecule has 0 saturated heterocycles. The fourth-order valence-corrected chi connectivity index (χ4v) is 9.06. The molecule has 4 nitrogen and oxygen atoms in total. The van der Waals surface area contributed by atoms with Crippen molar-refractivity contribution < 1.29 is 48.1 Å². The van der Waals surface area contributed by atoms with E-state index in [4.69, 9.17) is 29.2 Å². The minimum atomic E-state index is -3.85. The summed E-state index contributed by atoms with van der Waals surface area (Å²) in [6, 6.07) is 48.0. The monoisotopic (exact) mass is 1140 g/mol. The molecule has 0 atom stereocenters. The third-order valence-corrected chi connectivity index (χ3v) is 12.8. The number of imidazole rings is 1. The Balaban J connectivity index is 0.00000922. The second-order valence-electron chi connectivity index (χ2n) is 20.0. The van der Waals surface area contributed by atoms with Crippen LogP contribution >= 0.6 is 0 Å². The van der Waals surface area contributed by atoms with Gasteiger partial charge in [-0.25, -0.2) is 4.98 Å². The van der Waals surface area contributed by atoms with Gasteiger partial charge in [0, 0.05) is 60.5 Å². The molecule has 0 amide bonds. The summed E-state index contributed by atoms with van der Waals surface area (Å²) in [6.07, 6.45) is 1.38. The van der Waals surface area contributed by atoms with Gasteiger partial charge in [-0.1, -0.05) is 218 Å². The van der Waals surface area contributed by atoms with Gasteiger partial charge >= 0.3 is 0 Å². The Morgan fingerprint density at radius 1 is 0.528 bits per heavy atom. The molecule has 0 saturated carbocycles. The Kier molecular flexibility index (Phi) is 9.06. The fourth-order valence-electron chi connectivity index (χ4n) is 9.06. The first-order valence-corrected chi connectivity index (χ1v) is 23.5. The maximum atomic E-state index is 12.8. The first-order chi connectivity index (χ1) is 40.6. The van der Waals surface area contributed by atoms with E-state index in [1.807, 2.05) is 165 Å². The van der Waals surface area contributed by atoms with E-state index in [1.54, 1.807) is 6.07 Å². The molecule has 0 spiro atoms. The summed E-state index contributed by atoms with van der Waals surface area (Å²) in [5.41, 5.74) is 3.25. The molecule has 0 radical (unpaired) electrons. The zero-order valence-electron chi connectivity index (χ0n) is 56.7. The van der Waals surface area contributed by atoms with Crippen molar-refractivity contribution in [1.29, 1.82) is 0 Å².